The van der Waals surface area contributed by atoms with E-state index in [1.165, 1.54) is 5.56 Å². The monoisotopic (exact) mass is 380 g/mol. The molecule has 2 aromatic carbocycles. The molecule has 3 rings (SSSR count). The number of fused-ring (bicyclic) bond motifs is 1. The minimum atomic E-state index is 0.0572. The van der Waals surface area contributed by atoms with Gasteiger partial charge in [-0.15, -0.1) is 0 Å². The van der Waals surface area contributed by atoms with Gasteiger partial charge in [0.2, 0.25) is 5.91 Å². The van der Waals surface area contributed by atoms with Crippen LogP contribution in [0.15, 0.2) is 47.5 Å². The first-order valence-electron chi connectivity index (χ1n) is 9.57. The molecule has 0 saturated heterocycles. The molecule has 1 aliphatic rings. The van der Waals surface area contributed by atoms with Gasteiger partial charge >= 0.3 is 0 Å². The van der Waals surface area contributed by atoms with Crippen LogP contribution in [0.25, 0.3) is 0 Å². The van der Waals surface area contributed by atoms with Gasteiger partial charge in [-0.05, 0) is 42.2 Å². The van der Waals surface area contributed by atoms with Crippen LogP contribution in [-0.4, -0.2) is 39.1 Å². The lowest BCUT2D eigenvalue weighted by Crippen LogP contribution is -2.41. The fourth-order valence-corrected chi connectivity index (χ4v) is 3.47. The van der Waals surface area contributed by atoms with E-state index in [1.807, 2.05) is 25.1 Å². The van der Waals surface area contributed by atoms with Gasteiger partial charge in [0.05, 0.1) is 7.11 Å². The number of para-hydroxylation sites is 1. The van der Waals surface area contributed by atoms with Crippen molar-refractivity contribution in [1.82, 2.24) is 10.6 Å². The number of carbonyl (C=O) groups is 1. The lowest BCUT2D eigenvalue weighted by Gasteiger charge is -2.26. The summed E-state index contributed by atoms with van der Waals surface area (Å²) in [6.07, 6.45) is 1.34. The predicted molar refractivity (Wildman–Crippen MR) is 113 cm³/mol. The molecular formula is C22H28N4O2. The maximum atomic E-state index is 12.0. The molecule has 1 unspecified atom stereocenters. The van der Waals surface area contributed by atoms with E-state index in [0.717, 1.165) is 41.5 Å². The first-order valence-corrected chi connectivity index (χ1v) is 9.57. The number of nitrogens with zero attached hydrogens (tertiary/aromatic N) is 1. The van der Waals surface area contributed by atoms with Gasteiger partial charge in [0.1, 0.15) is 5.75 Å². The number of ether oxygens (including phenoxy) is 1. The smallest absolute Gasteiger partial charge is 0.225 e. The fourth-order valence-electron chi connectivity index (χ4n) is 3.47. The molecule has 0 bridgehead atoms. The Labute approximate surface area is 166 Å². The van der Waals surface area contributed by atoms with Crippen molar-refractivity contribution in [2.24, 2.45) is 4.99 Å². The summed E-state index contributed by atoms with van der Waals surface area (Å²) in [5.74, 6) is 1.84. The number of benzene rings is 2. The van der Waals surface area contributed by atoms with Crippen molar-refractivity contribution in [1.29, 1.82) is 0 Å². The Balaban J connectivity index is 1.52. The third kappa shape index (κ3) is 4.82. The Hall–Kier alpha value is -3.02. The van der Waals surface area contributed by atoms with Crippen molar-refractivity contribution in [2.45, 2.75) is 25.7 Å². The van der Waals surface area contributed by atoms with E-state index >= 15 is 0 Å². The summed E-state index contributed by atoms with van der Waals surface area (Å²) in [7, 11) is 3.45. The van der Waals surface area contributed by atoms with Gasteiger partial charge in [-0.3, -0.25) is 9.79 Å². The van der Waals surface area contributed by atoms with E-state index in [4.69, 9.17) is 4.74 Å². The van der Waals surface area contributed by atoms with Crippen molar-refractivity contribution in [2.75, 3.05) is 32.6 Å². The lowest BCUT2D eigenvalue weighted by atomic mass is 9.90. The molecule has 6 heteroatoms. The number of hydrogen-bond donors (Lipinski definition) is 3. The van der Waals surface area contributed by atoms with Crippen LogP contribution in [0.4, 0.5) is 5.69 Å². The summed E-state index contributed by atoms with van der Waals surface area (Å²) in [5, 5.41) is 9.63. The van der Waals surface area contributed by atoms with Crippen molar-refractivity contribution >= 4 is 17.6 Å². The van der Waals surface area contributed by atoms with E-state index in [0.29, 0.717) is 13.0 Å². The lowest BCUT2D eigenvalue weighted by molar-refractivity contribution is -0.116. The highest BCUT2D eigenvalue weighted by atomic mass is 16.5. The number of hydrogen-bond acceptors (Lipinski definition) is 3. The van der Waals surface area contributed by atoms with Gasteiger partial charge in [0, 0.05) is 38.2 Å². The van der Waals surface area contributed by atoms with E-state index < -0.39 is 0 Å². The van der Waals surface area contributed by atoms with Crippen LogP contribution in [0.1, 0.15) is 29.0 Å². The van der Waals surface area contributed by atoms with Crippen molar-refractivity contribution in [3.8, 4) is 5.75 Å². The zero-order chi connectivity index (χ0) is 19.9. The number of aryl methyl sites for hydroxylation is 1. The van der Waals surface area contributed by atoms with Crippen LogP contribution in [0.5, 0.6) is 5.75 Å². The Morgan fingerprint density at radius 1 is 1.25 bits per heavy atom. The number of nitrogens with one attached hydrogen (secondary N) is 3. The topological polar surface area (TPSA) is 74.8 Å². The molecule has 28 heavy (non-hydrogen) atoms. The average Bonchev–Trinajstić information content (AvgIpc) is 2.71. The first kappa shape index (κ1) is 19.7. The largest absolute Gasteiger partial charge is 0.496 e. The van der Waals surface area contributed by atoms with Crippen LogP contribution in [0.3, 0.4) is 0 Å². The number of guanidine groups is 1. The molecule has 2 aromatic rings. The molecular weight excluding hydrogens is 352 g/mol. The minimum Gasteiger partial charge on any atom is -0.496 e. The molecule has 1 atom stereocenters. The predicted octanol–water partition coefficient (Wildman–Crippen LogP) is 2.84. The quantitative estimate of drug-likeness (QED) is 0.532. The SMILES string of the molecule is CN=C(NCCc1ccc(C)c(OC)c1)NCC1CC(=O)Nc2ccccc21. The number of aliphatic imine (C=N–C) groups is 1. The maximum Gasteiger partial charge on any atom is 0.225 e. The van der Waals surface area contributed by atoms with Gasteiger partial charge in [-0.25, -0.2) is 0 Å². The Morgan fingerprint density at radius 2 is 2.07 bits per heavy atom. The number of anilines is 1. The van der Waals surface area contributed by atoms with Crippen LogP contribution >= 0.6 is 0 Å². The molecule has 0 saturated carbocycles. The first-order chi connectivity index (χ1) is 13.6. The fraction of sp³-hybridized carbons (Fsp3) is 0.364. The van der Waals surface area contributed by atoms with E-state index in [9.17, 15) is 4.79 Å². The maximum absolute atomic E-state index is 12.0. The summed E-state index contributed by atoms with van der Waals surface area (Å²) in [6.45, 7) is 3.45. The van der Waals surface area contributed by atoms with Gasteiger partial charge in [-0.1, -0.05) is 30.3 Å². The number of methoxy groups -OCH3 is 1. The van der Waals surface area contributed by atoms with E-state index in [-0.39, 0.29) is 11.8 Å². The molecule has 0 radical (unpaired) electrons. The standard InChI is InChI=1S/C22H28N4O2/c1-15-8-9-16(12-20(15)28-3)10-11-24-22(23-2)25-14-17-13-21(27)26-19-7-5-4-6-18(17)19/h4-9,12,17H,10-11,13-14H2,1-3H3,(H,26,27)(H2,23,24,25). The summed E-state index contributed by atoms with van der Waals surface area (Å²) in [4.78, 5) is 16.3. The molecule has 148 valence electrons. The molecule has 1 aliphatic heterocycles. The van der Waals surface area contributed by atoms with Crippen molar-refractivity contribution < 1.29 is 9.53 Å². The second-order valence-electron chi connectivity index (χ2n) is 6.97. The minimum absolute atomic E-state index is 0.0572. The van der Waals surface area contributed by atoms with Gasteiger partial charge < -0.3 is 20.7 Å². The second kappa shape index (κ2) is 9.26. The number of amides is 1. The molecule has 1 heterocycles. The molecule has 6 nitrogen and oxygen atoms in total. The molecule has 0 aromatic heterocycles. The molecule has 0 spiro atoms. The molecule has 0 fully saturated rings. The van der Waals surface area contributed by atoms with Crippen LogP contribution < -0.4 is 20.7 Å². The molecule has 3 N–H and O–H groups in total. The van der Waals surface area contributed by atoms with E-state index in [2.05, 4.69) is 45.2 Å². The van der Waals surface area contributed by atoms with Gasteiger partial charge in [0.25, 0.3) is 0 Å². The van der Waals surface area contributed by atoms with Crippen LogP contribution in [-0.2, 0) is 11.2 Å². The highest BCUT2D eigenvalue weighted by Crippen LogP contribution is 2.31. The molecule has 0 aliphatic carbocycles. The molecule has 1 amide bonds. The van der Waals surface area contributed by atoms with Crippen LogP contribution in [0.2, 0.25) is 0 Å². The zero-order valence-electron chi connectivity index (χ0n) is 16.7. The average molecular weight is 380 g/mol. The Bertz CT molecular complexity index is 863. The van der Waals surface area contributed by atoms with Crippen LogP contribution in [0, 0.1) is 6.92 Å². The normalized spacial score (nSPS) is 16.2. The second-order valence-corrected chi connectivity index (χ2v) is 6.97. The highest BCUT2D eigenvalue weighted by Gasteiger charge is 2.24. The highest BCUT2D eigenvalue weighted by molar-refractivity contribution is 5.94. The van der Waals surface area contributed by atoms with Crippen molar-refractivity contribution in [3.05, 3.63) is 59.2 Å². The Kier molecular flexibility index (Phi) is 6.53. The summed E-state index contributed by atoms with van der Waals surface area (Å²) in [6, 6.07) is 14.2. The number of rotatable bonds is 6. The van der Waals surface area contributed by atoms with E-state index in [1.54, 1.807) is 14.2 Å². The number of carbonyl (C=O) groups excluding carboxylic acids is 1. The van der Waals surface area contributed by atoms with Crippen molar-refractivity contribution in [3.63, 3.8) is 0 Å². The third-order valence-corrected chi connectivity index (χ3v) is 5.02. The third-order valence-electron chi connectivity index (χ3n) is 5.02. The summed E-state index contributed by atoms with van der Waals surface area (Å²) in [5.41, 5.74) is 4.41. The zero-order valence-corrected chi connectivity index (χ0v) is 16.7. The summed E-state index contributed by atoms with van der Waals surface area (Å²) < 4.78 is 5.39. The van der Waals surface area contributed by atoms with Gasteiger partial charge in [0.15, 0.2) is 5.96 Å². The van der Waals surface area contributed by atoms with Gasteiger partial charge in [-0.2, -0.15) is 0 Å². The Morgan fingerprint density at radius 3 is 2.86 bits per heavy atom. The summed E-state index contributed by atoms with van der Waals surface area (Å²) >= 11 is 0.